The molecule has 2 aliphatic heterocycles. The number of amides is 5. The molecule has 2 aromatic rings. The van der Waals surface area contributed by atoms with E-state index in [2.05, 4.69) is 5.32 Å². The molecule has 2 fully saturated rings. The molecule has 0 atom stereocenters. The highest BCUT2D eigenvalue weighted by Crippen LogP contribution is 2.26. The first-order chi connectivity index (χ1) is 14.5. The van der Waals surface area contributed by atoms with E-state index in [0.717, 1.165) is 5.56 Å². The lowest BCUT2D eigenvalue weighted by molar-refractivity contribution is -0.116. The predicted octanol–water partition coefficient (Wildman–Crippen LogP) is 3.48. The number of likely N-dealkylation sites (tertiary alicyclic amines) is 1. The lowest BCUT2D eigenvalue weighted by atomic mass is 10.0. The zero-order valence-corrected chi connectivity index (χ0v) is 17.2. The van der Waals surface area contributed by atoms with Gasteiger partial charge in [0.05, 0.1) is 5.69 Å². The van der Waals surface area contributed by atoms with Gasteiger partial charge in [-0.1, -0.05) is 41.9 Å². The van der Waals surface area contributed by atoms with Crippen molar-refractivity contribution < 1.29 is 14.4 Å². The molecular weight excluding hydrogens is 404 g/mol. The minimum absolute atomic E-state index is 0.0459. The van der Waals surface area contributed by atoms with E-state index in [4.69, 9.17) is 11.6 Å². The molecule has 2 heterocycles. The first-order valence-corrected chi connectivity index (χ1v) is 10.4. The van der Waals surface area contributed by atoms with Gasteiger partial charge in [-0.25, -0.2) is 14.5 Å². The van der Waals surface area contributed by atoms with Crippen LogP contribution >= 0.6 is 11.6 Å². The zero-order chi connectivity index (χ0) is 21.1. The largest absolute Gasteiger partial charge is 0.334 e. The Morgan fingerprint density at radius 1 is 1.00 bits per heavy atom. The van der Waals surface area contributed by atoms with E-state index < -0.39 is 0 Å². The van der Waals surface area contributed by atoms with E-state index in [1.807, 2.05) is 18.2 Å². The third-order valence-electron chi connectivity index (χ3n) is 5.56. The van der Waals surface area contributed by atoms with Gasteiger partial charge in [-0.3, -0.25) is 4.79 Å². The molecule has 0 unspecified atom stereocenters. The van der Waals surface area contributed by atoms with Crippen LogP contribution in [0, 0.1) is 0 Å². The number of rotatable bonds is 4. The summed E-state index contributed by atoms with van der Waals surface area (Å²) in [7, 11) is 0. The van der Waals surface area contributed by atoms with Crippen LogP contribution < -0.4 is 10.2 Å². The first-order valence-electron chi connectivity index (χ1n) is 9.99. The molecule has 0 saturated carbocycles. The van der Waals surface area contributed by atoms with Crippen molar-refractivity contribution in [1.82, 2.24) is 15.1 Å². The van der Waals surface area contributed by atoms with Crippen molar-refractivity contribution in [1.29, 1.82) is 0 Å². The van der Waals surface area contributed by atoms with Crippen molar-refractivity contribution in [2.45, 2.75) is 25.4 Å². The van der Waals surface area contributed by atoms with Crippen LogP contribution in [-0.4, -0.2) is 53.4 Å². The molecular formula is C22H23ClN4O3. The SMILES string of the molecule is O=C(NCc1ccc(Cl)cc1)N1CCC(N2CC(=O)N(c3ccccc3)C2=O)CC1. The summed E-state index contributed by atoms with van der Waals surface area (Å²) in [4.78, 5) is 42.4. The fourth-order valence-electron chi connectivity index (χ4n) is 3.91. The van der Waals surface area contributed by atoms with E-state index in [9.17, 15) is 14.4 Å². The van der Waals surface area contributed by atoms with Gasteiger partial charge >= 0.3 is 12.1 Å². The van der Waals surface area contributed by atoms with Gasteiger partial charge in [0.1, 0.15) is 6.54 Å². The number of urea groups is 2. The van der Waals surface area contributed by atoms with Crippen LogP contribution in [0.4, 0.5) is 15.3 Å². The number of para-hydroxylation sites is 1. The molecule has 7 nitrogen and oxygen atoms in total. The molecule has 8 heteroatoms. The Labute approximate surface area is 180 Å². The standard InChI is InChI=1S/C22H23ClN4O3/c23-17-8-6-16(7-9-17)14-24-21(29)25-12-10-18(11-13-25)26-15-20(28)27(22(26)30)19-4-2-1-3-5-19/h1-9,18H,10-15H2,(H,24,29). The summed E-state index contributed by atoms with van der Waals surface area (Å²) >= 11 is 5.88. The van der Waals surface area contributed by atoms with Gasteiger partial charge < -0.3 is 15.1 Å². The Bertz CT molecular complexity index is 927. The molecule has 4 rings (SSSR count). The number of carbonyl (C=O) groups is 3. The molecule has 2 aromatic carbocycles. The Balaban J connectivity index is 1.30. The van der Waals surface area contributed by atoms with Gasteiger partial charge in [-0.05, 0) is 42.7 Å². The predicted molar refractivity (Wildman–Crippen MR) is 114 cm³/mol. The Morgan fingerprint density at radius 3 is 2.33 bits per heavy atom. The number of piperidine rings is 1. The number of halogens is 1. The second-order valence-corrected chi connectivity index (χ2v) is 7.92. The summed E-state index contributed by atoms with van der Waals surface area (Å²) in [6.07, 6.45) is 1.30. The summed E-state index contributed by atoms with van der Waals surface area (Å²) in [5, 5.41) is 3.58. The second kappa shape index (κ2) is 8.75. The van der Waals surface area contributed by atoms with Crippen molar-refractivity contribution in [3.63, 3.8) is 0 Å². The third-order valence-corrected chi connectivity index (χ3v) is 5.81. The number of anilines is 1. The fourth-order valence-corrected chi connectivity index (χ4v) is 4.03. The average Bonchev–Trinajstić information content (AvgIpc) is 3.07. The van der Waals surface area contributed by atoms with Crippen LogP contribution in [-0.2, 0) is 11.3 Å². The van der Waals surface area contributed by atoms with Crippen molar-refractivity contribution in [2.75, 3.05) is 24.5 Å². The maximum Gasteiger partial charge on any atom is 0.332 e. The molecule has 1 N–H and O–H groups in total. The van der Waals surface area contributed by atoms with Gasteiger partial charge in [0.25, 0.3) is 5.91 Å². The van der Waals surface area contributed by atoms with Crippen molar-refractivity contribution in [3.8, 4) is 0 Å². The second-order valence-electron chi connectivity index (χ2n) is 7.48. The lowest BCUT2D eigenvalue weighted by Crippen LogP contribution is -2.50. The zero-order valence-electron chi connectivity index (χ0n) is 16.5. The summed E-state index contributed by atoms with van der Waals surface area (Å²) in [6.45, 7) is 1.60. The molecule has 0 aromatic heterocycles. The van der Waals surface area contributed by atoms with E-state index in [1.54, 1.807) is 46.2 Å². The first kappa shape index (κ1) is 20.2. The Morgan fingerprint density at radius 2 is 1.67 bits per heavy atom. The molecule has 2 saturated heterocycles. The van der Waals surface area contributed by atoms with Gasteiger partial charge in [-0.15, -0.1) is 0 Å². The van der Waals surface area contributed by atoms with Gasteiger partial charge in [0.15, 0.2) is 0 Å². The van der Waals surface area contributed by atoms with Crippen molar-refractivity contribution in [2.24, 2.45) is 0 Å². The third kappa shape index (κ3) is 4.26. The van der Waals surface area contributed by atoms with Crippen LogP contribution in [0.5, 0.6) is 0 Å². The van der Waals surface area contributed by atoms with Crippen LogP contribution in [0.1, 0.15) is 18.4 Å². The lowest BCUT2D eigenvalue weighted by Gasteiger charge is -2.36. The van der Waals surface area contributed by atoms with Crippen LogP contribution in [0.2, 0.25) is 5.02 Å². The van der Waals surface area contributed by atoms with Crippen LogP contribution in [0.15, 0.2) is 54.6 Å². The van der Waals surface area contributed by atoms with Crippen molar-refractivity contribution >= 4 is 35.3 Å². The van der Waals surface area contributed by atoms with E-state index in [0.29, 0.717) is 43.2 Å². The van der Waals surface area contributed by atoms with Gasteiger partial charge in [0, 0.05) is 30.7 Å². The fraction of sp³-hybridized carbons (Fsp3) is 0.318. The monoisotopic (exact) mass is 426 g/mol. The molecule has 0 spiro atoms. The van der Waals surface area contributed by atoms with E-state index in [-0.39, 0.29) is 30.6 Å². The van der Waals surface area contributed by atoms with Crippen LogP contribution in [0.3, 0.4) is 0 Å². The molecule has 0 radical (unpaired) electrons. The maximum absolute atomic E-state index is 12.8. The molecule has 5 amide bonds. The maximum atomic E-state index is 12.8. The number of hydrogen-bond acceptors (Lipinski definition) is 3. The number of hydrogen-bond donors (Lipinski definition) is 1. The van der Waals surface area contributed by atoms with Crippen LogP contribution in [0.25, 0.3) is 0 Å². The number of carbonyl (C=O) groups excluding carboxylic acids is 3. The smallest absolute Gasteiger partial charge is 0.332 e. The molecule has 2 aliphatic rings. The minimum atomic E-state index is -0.281. The summed E-state index contributed by atoms with van der Waals surface area (Å²) in [5.74, 6) is -0.214. The molecule has 0 aliphatic carbocycles. The number of nitrogens with one attached hydrogen (secondary N) is 1. The number of benzene rings is 2. The minimum Gasteiger partial charge on any atom is -0.334 e. The Hall–Kier alpha value is -3.06. The highest BCUT2D eigenvalue weighted by atomic mass is 35.5. The summed E-state index contributed by atoms with van der Waals surface area (Å²) in [6, 6.07) is 15.9. The highest BCUT2D eigenvalue weighted by molar-refractivity contribution is 6.30. The summed E-state index contributed by atoms with van der Waals surface area (Å²) < 4.78 is 0. The highest BCUT2D eigenvalue weighted by Gasteiger charge is 2.41. The molecule has 0 bridgehead atoms. The van der Waals surface area contributed by atoms with E-state index >= 15 is 0 Å². The summed E-state index contributed by atoms with van der Waals surface area (Å²) in [5.41, 5.74) is 1.57. The quantitative estimate of drug-likeness (QED) is 0.760. The van der Waals surface area contributed by atoms with Gasteiger partial charge in [-0.2, -0.15) is 0 Å². The van der Waals surface area contributed by atoms with Crippen molar-refractivity contribution in [3.05, 3.63) is 65.2 Å². The molecule has 156 valence electrons. The number of imide groups is 1. The normalized spacial score (nSPS) is 17.6. The van der Waals surface area contributed by atoms with E-state index in [1.165, 1.54) is 4.90 Å². The number of nitrogens with zero attached hydrogens (tertiary/aromatic N) is 3. The Kier molecular flexibility index (Phi) is 5.90. The van der Waals surface area contributed by atoms with Gasteiger partial charge in [0.2, 0.25) is 0 Å². The molecule has 30 heavy (non-hydrogen) atoms. The topological polar surface area (TPSA) is 73.0 Å². The average molecular weight is 427 g/mol.